The van der Waals surface area contributed by atoms with Gasteiger partial charge in [0, 0.05) is 11.5 Å². The van der Waals surface area contributed by atoms with E-state index >= 15 is 0 Å². The van der Waals surface area contributed by atoms with E-state index in [4.69, 9.17) is 4.42 Å². The van der Waals surface area contributed by atoms with Gasteiger partial charge in [-0.1, -0.05) is 0 Å². The number of hydrogen-bond donors (Lipinski definition) is 1. The first-order chi connectivity index (χ1) is 7.08. The molecule has 0 aliphatic rings. The van der Waals surface area contributed by atoms with Gasteiger partial charge in [0.05, 0.1) is 0 Å². The average Bonchev–Trinajstić information content (AvgIpc) is 2.16. The predicted octanol–water partition coefficient (Wildman–Crippen LogP) is 2.72. The number of aryl methyl sites for hydroxylation is 1. The van der Waals surface area contributed by atoms with Gasteiger partial charge in [0.1, 0.15) is 5.58 Å². The van der Waals surface area contributed by atoms with Crippen molar-refractivity contribution in [3.8, 4) is 0 Å². The highest BCUT2D eigenvalue weighted by molar-refractivity contribution is 8.15. The summed E-state index contributed by atoms with van der Waals surface area (Å²) in [5, 5.41) is 1.02. The van der Waals surface area contributed by atoms with Gasteiger partial charge in [0.2, 0.25) is 0 Å². The lowest BCUT2D eigenvalue weighted by molar-refractivity contribution is 0.559. The summed E-state index contributed by atoms with van der Waals surface area (Å²) < 4.78 is 5.19. The molecule has 1 aromatic heterocycles. The van der Waals surface area contributed by atoms with Crippen molar-refractivity contribution in [2.24, 2.45) is 0 Å². The Morgan fingerprint density at radius 1 is 1.20 bits per heavy atom. The molecule has 0 amide bonds. The van der Waals surface area contributed by atoms with Crippen LogP contribution < -0.4 is 5.63 Å². The highest BCUT2D eigenvalue weighted by Crippen LogP contribution is 2.31. The summed E-state index contributed by atoms with van der Waals surface area (Å²) in [5.74, 6) is 0. The van der Waals surface area contributed by atoms with Crippen LogP contribution in [0.2, 0.25) is 0 Å². The molecule has 0 aliphatic heterocycles. The second-order valence-electron chi connectivity index (χ2n) is 3.82. The number of hydrogen-bond acceptors (Lipinski definition) is 2. The maximum absolute atomic E-state index is 11.2. The van der Waals surface area contributed by atoms with Gasteiger partial charge in [0.25, 0.3) is 0 Å². The van der Waals surface area contributed by atoms with E-state index in [9.17, 15) is 4.79 Å². The smallest absolute Gasteiger partial charge is 0.336 e. The fourth-order valence-corrected chi connectivity index (χ4v) is 2.34. The maximum atomic E-state index is 11.2. The Bertz CT molecular complexity index is 555. The molecular formula is C12H14O2S. The standard InChI is InChI=1S/C12H14O2S/c1-8-6-12(13)14-11-7-9(15(2)3)4-5-10(8)11/h4-7,15H,1-3H3. The Kier molecular flexibility index (Phi) is 2.57. The molecule has 80 valence electrons. The molecule has 0 fully saturated rings. The maximum Gasteiger partial charge on any atom is 0.336 e. The molecule has 0 spiro atoms. The SMILES string of the molecule is Cc1cc(=O)oc2cc([SH](C)C)ccc12. The summed E-state index contributed by atoms with van der Waals surface area (Å²) in [6.45, 7) is 1.93. The predicted molar refractivity (Wildman–Crippen MR) is 66.3 cm³/mol. The highest BCUT2D eigenvalue weighted by atomic mass is 32.2. The molecule has 0 aliphatic carbocycles. The van der Waals surface area contributed by atoms with Crippen LogP contribution in [-0.2, 0) is 0 Å². The molecule has 1 heterocycles. The van der Waals surface area contributed by atoms with Crippen LogP contribution in [0.4, 0.5) is 0 Å². The van der Waals surface area contributed by atoms with E-state index in [2.05, 4.69) is 18.6 Å². The van der Waals surface area contributed by atoms with Gasteiger partial charge in [-0.15, -0.1) is 0 Å². The monoisotopic (exact) mass is 222 g/mol. The van der Waals surface area contributed by atoms with Crippen molar-refractivity contribution in [2.45, 2.75) is 11.8 Å². The Balaban J connectivity index is 2.76. The van der Waals surface area contributed by atoms with Gasteiger partial charge >= 0.3 is 5.63 Å². The quantitative estimate of drug-likeness (QED) is 0.594. The van der Waals surface area contributed by atoms with Crippen LogP contribution in [0.5, 0.6) is 0 Å². The minimum absolute atomic E-state index is 0.150. The van der Waals surface area contributed by atoms with Gasteiger partial charge in [-0.25, -0.2) is 15.7 Å². The third-order valence-corrected chi connectivity index (χ3v) is 3.76. The normalized spacial score (nSPS) is 11.8. The largest absolute Gasteiger partial charge is 0.423 e. The minimum atomic E-state index is -0.270. The van der Waals surface area contributed by atoms with Crippen LogP contribution in [0.3, 0.4) is 0 Å². The van der Waals surface area contributed by atoms with E-state index in [0.29, 0.717) is 5.58 Å². The van der Waals surface area contributed by atoms with E-state index in [-0.39, 0.29) is 16.5 Å². The first kappa shape index (κ1) is 10.3. The van der Waals surface area contributed by atoms with Gasteiger partial charge < -0.3 is 4.42 Å². The van der Waals surface area contributed by atoms with Crippen molar-refractivity contribution in [2.75, 3.05) is 12.5 Å². The van der Waals surface area contributed by atoms with Crippen molar-refractivity contribution in [3.05, 3.63) is 40.2 Å². The van der Waals surface area contributed by atoms with Crippen molar-refractivity contribution in [1.29, 1.82) is 0 Å². The molecule has 2 rings (SSSR count). The second-order valence-corrected chi connectivity index (χ2v) is 6.13. The van der Waals surface area contributed by atoms with Crippen molar-refractivity contribution < 1.29 is 4.42 Å². The molecule has 0 saturated heterocycles. The number of benzene rings is 1. The average molecular weight is 222 g/mol. The van der Waals surface area contributed by atoms with Gasteiger partial charge in [0.15, 0.2) is 0 Å². The highest BCUT2D eigenvalue weighted by Gasteiger charge is 2.03. The van der Waals surface area contributed by atoms with Crippen LogP contribution in [-0.4, -0.2) is 12.5 Å². The molecule has 2 aromatic rings. The summed E-state index contributed by atoms with van der Waals surface area (Å²) >= 11 is 0. The molecule has 0 saturated carbocycles. The first-order valence-electron chi connectivity index (χ1n) is 4.80. The lowest BCUT2D eigenvalue weighted by Gasteiger charge is -2.10. The molecule has 15 heavy (non-hydrogen) atoms. The number of fused-ring (bicyclic) bond motifs is 1. The van der Waals surface area contributed by atoms with Crippen LogP contribution in [0.1, 0.15) is 5.56 Å². The molecule has 0 N–H and O–H groups in total. The summed E-state index contributed by atoms with van der Waals surface area (Å²) in [5.41, 5.74) is 1.41. The molecule has 1 aromatic carbocycles. The van der Waals surface area contributed by atoms with Crippen LogP contribution in [0.15, 0.2) is 38.4 Å². The number of rotatable bonds is 1. The Morgan fingerprint density at radius 2 is 1.93 bits per heavy atom. The lowest BCUT2D eigenvalue weighted by Crippen LogP contribution is -1.97. The molecule has 0 radical (unpaired) electrons. The Morgan fingerprint density at radius 3 is 2.60 bits per heavy atom. The summed E-state index contributed by atoms with van der Waals surface area (Å²) in [4.78, 5) is 12.5. The van der Waals surface area contributed by atoms with Crippen LogP contribution in [0, 0.1) is 6.92 Å². The van der Waals surface area contributed by atoms with Crippen molar-refractivity contribution in [3.63, 3.8) is 0 Å². The first-order valence-corrected chi connectivity index (χ1v) is 7.03. The zero-order valence-corrected chi connectivity index (χ0v) is 9.97. The summed E-state index contributed by atoms with van der Waals surface area (Å²) in [6.07, 6.45) is 4.37. The Hall–Kier alpha value is -1.22. The van der Waals surface area contributed by atoms with Crippen LogP contribution in [0.25, 0.3) is 11.0 Å². The van der Waals surface area contributed by atoms with Gasteiger partial charge in [-0.3, -0.25) is 0 Å². The fraction of sp³-hybridized carbons (Fsp3) is 0.250. The molecule has 3 heteroatoms. The summed E-state index contributed by atoms with van der Waals surface area (Å²) in [7, 11) is -0.150. The zero-order valence-electron chi connectivity index (χ0n) is 9.07. The zero-order chi connectivity index (χ0) is 11.0. The molecule has 0 atom stereocenters. The lowest BCUT2D eigenvalue weighted by atomic mass is 10.1. The van der Waals surface area contributed by atoms with Crippen molar-refractivity contribution in [1.82, 2.24) is 0 Å². The van der Waals surface area contributed by atoms with E-state index in [1.165, 1.54) is 11.0 Å². The molecule has 0 bridgehead atoms. The van der Waals surface area contributed by atoms with E-state index in [0.717, 1.165) is 10.9 Å². The van der Waals surface area contributed by atoms with Gasteiger partial charge in [-0.2, -0.15) is 0 Å². The molecule has 0 unspecified atom stereocenters. The third-order valence-electron chi connectivity index (χ3n) is 2.45. The Labute approximate surface area is 91.3 Å². The van der Waals surface area contributed by atoms with Crippen LogP contribution >= 0.6 is 10.9 Å². The van der Waals surface area contributed by atoms with E-state index in [1.54, 1.807) is 0 Å². The molecular weight excluding hydrogens is 208 g/mol. The molecule has 2 nitrogen and oxygen atoms in total. The van der Waals surface area contributed by atoms with Gasteiger partial charge in [-0.05, 0) is 48.1 Å². The third kappa shape index (κ3) is 1.92. The topological polar surface area (TPSA) is 30.2 Å². The van der Waals surface area contributed by atoms with E-state index < -0.39 is 0 Å². The van der Waals surface area contributed by atoms with E-state index in [1.807, 2.05) is 19.1 Å². The van der Waals surface area contributed by atoms with Crippen molar-refractivity contribution >= 4 is 21.9 Å². The second kappa shape index (κ2) is 3.74. The minimum Gasteiger partial charge on any atom is -0.423 e. The summed E-state index contributed by atoms with van der Waals surface area (Å²) in [6, 6.07) is 7.66. The number of thiol groups is 1. The fourth-order valence-electron chi connectivity index (χ4n) is 1.59.